The van der Waals surface area contributed by atoms with Crippen molar-refractivity contribution in [2.24, 2.45) is 0 Å². The maximum Gasteiger partial charge on any atom is 0.513 e. The van der Waals surface area contributed by atoms with Crippen LogP contribution in [0, 0.1) is 0 Å². The number of rotatable bonds is 4. The van der Waals surface area contributed by atoms with Gasteiger partial charge in [-0.2, -0.15) is 0 Å². The Morgan fingerprint density at radius 3 is 2.25 bits per heavy atom. The second kappa shape index (κ2) is 5.96. The lowest BCUT2D eigenvalue weighted by Gasteiger charge is -2.00. The van der Waals surface area contributed by atoms with Crippen molar-refractivity contribution in [2.45, 2.75) is 0 Å². The fourth-order valence-corrected chi connectivity index (χ4v) is 0.347. The van der Waals surface area contributed by atoms with Gasteiger partial charge in [-0.05, 0) is 0 Å². The average molecular weight is 172 g/mol. The van der Waals surface area contributed by atoms with Crippen LogP contribution in [0.25, 0.3) is 0 Å². The minimum atomic E-state index is -1.01. The van der Waals surface area contributed by atoms with E-state index in [9.17, 15) is 9.59 Å². The molecule has 0 fully saturated rings. The molecule has 0 aromatic heterocycles. The molecule has 5 heteroatoms. The Balaban J connectivity index is 3.53. The largest absolute Gasteiger partial charge is 0.513 e. The highest BCUT2D eigenvalue weighted by molar-refractivity contribution is 5.74. The van der Waals surface area contributed by atoms with Crippen molar-refractivity contribution in [2.75, 3.05) is 6.61 Å². The van der Waals surface area contributed by atoms with Crippen molar-refractivity contribution in [3.8, 4) is 0 Å². The van der Waals surface area contributed by atoms with Crippen LogP contribution in [0.2, 0.25) is 0 Å². The molecule has 0 bridgehead atoms. The van der Waals surface area contributed by atoms with Gasteiger partial charge in [0.25, 0.3) is 0 Å². The van der Waals surface area contributed by atoms with Gasteiger partial charge in [0.2, 0.25) is 0 Å². The Kier molecular flexibility index (Phi) is 5.08. The predicted octanol–water partition coefficient (Wildman–Crippen LogP) is 0.970. The van der Waals surface area contributed by atoms with E-state index in [-0.39, 0.29) is 0 Å². The first-order valence-electron chi connectivity index (χ1n) is 2.95. The highest BCUT2D eigenvalue weighted by Crippen LogP contribution is 1.87. The number of hydrogen-bond acceptors (Lipinski definition) is 5. The summed E-state index contributed by atoms with van der Waals surface area (Å²) in [5.41, 5.74) is 0. The third kappa shape index (κ3) is 5.04. The molecular weight excluding hydrogens is 164 g/mol. The third-order valence-electron chi connectivity index (χ3n) is 0.702. The van der Waals surface area contributed by atoms with E-state index in [1.807, 2.05) is 0 Å². The van der Waals surface area contributed by atoms with Crippen LogP contribution >= 0.6 is 0 Å². The molecule has 0 saturated heterocycles. The zero-order valence-electron chi connectivity index (χ0n) is 6.32. The van der Waals surface area contributed by atoms with E-state index in [4.69, 9.17) is 0 Å². The Hall–Kier alpha value is -1.78. The van der Waals surface area contributed by atoms with Gasteiger partial charge in [-0.15, -0.1) is 0 Å². The fraction of sp³-hybridized carbons (Fsp3) is 0.143. The van der Waals surface area contributed by atoms with Crippen molar-refractivity contribution < 1.29 is 23.8 Å². The van der Waals surface area contributed by atoms with Gasteiger partial charge in [-0.1, -0.05) is 13.2 Å². The molecule has 0 N–H and O–H groups in total. The highest BCUT2D eigenvalue weighted by atomic mass is 16.7. The Morgan fingerprint density at radius 1 is 1.17 bits per heavy atom. The summed E-state index contributed by atoms with van der Waals surface area (Å²) in [6.07, 6.45) is 0.817. The Labute approximate surface area is 69.2 Å². The standard InChI is InChI=1S/C7H8O5/c1-3-10-6(8)5-12-7(9)11-4-2/h3-4H,1-2,5H2. The van der Waals surface area contributed by atoms with Crippen LogP contribution in [0.5, 0.6) is 0 Å². The molecule has 0 aliphatic carbocycles. The molecule has 0 spiro atoms. The second-order valence-corrected chi connectivity index (χ2v) is 1.48. The topological polar surface area (TPSA) is 61.8 Å². The smallest absolute Gasteiger partial charge is 0.433 e. The molecule has 5 nitrogen and oxygen atoms in total. The number of carbonyl (C=O) groups excluding carboxylic acids is 2. The summed E-state index contributed by atoms with van der Waals surface area (Å²) in [6, 6.07) is 0. The molecule has 0 atom stereocenters. The van der Waals surface area contributed by atoms with Gasteiger partial charge < -0.3 is 14.2 Å². The molecule has 0 amide bonds. The summed E-state index contributed by atoms with van der Waals surface area (Å²) < 4.78 is 12.6. The summed E-state index contributed by atoms with van der Waals surface area (Å²) in [7, 11) is 0. The van der Waals surface area contributed by atoms with Crippen LogP contribution in [0.4, 0.5) is 4.79 Å². The van der Waals surface area contributed by atoms with E-state index in [0.717, 1.165) is 12.5 Å². The number of carbonyl (C=O) groups is 2. The number of esters is 1. The summed E-state index contributed by atoms with van der Waals surface area (Å²) in [5, 5.41) is 0. The fourth-order valence-electron chi connectivity index (χ4n) is 0.347. The van der Waals surface area contributed by atoms with Crippen molar-refractivity contribution in [1.29, 1.82) is 0 Å². The van der Waals surface area contributed by atoms with Crippen LogP contribution in [0.3, 0.4) is 0 Å². The van der Waals surface area contributed by atoms with Crippen molar-refractivity contribution in [1.82, 2.24) is 0 Å². The second-order valence-electron chi connectivity index (χ2n) is 1.48. The Bertz CT molecular complexity index is 174. The van der Waals surface area contributed by atoms with Gasteiger partial charge in [0.15, 0.2) is 6.61 Å². The molecule has 12 heavy (non-hydrogen) atoms. The average Bonchev–Trinajstić information content (AvgIpc) is 2.02. The van der Waals surface area contributed by atoms with Crippen LogP contribution in [0.1, 0.15) is 0 Å². The first-order valence-corrected chi connectivity index (χ1v) is 2.95. The van der Waals surface area contributed by atoms with Gasteiger partial charge in [0.05, 0.1) is 12.5 Å². The number of ether oxygens (including phenoxy) is 3. The molecule has 0 aromatic rings. The lowest BCUT2D eigenvalue weighted by molar-refractivity contribution is -0.141. The monoisotopic (exact) mass is 172 g/mol. The molecule has 66 valence electrons. The molecule has 0 rings (SSSR count). The zero-order chi connectivity index (χ0) is 9.40. The predicted molar refractivity (Wildman–Crippen MR) is 38.9 cm³/mol. The number of hydrogen-bond donors (Lipinski definition) is 0. The molecule has 0 heterocycles. The zero-order valence-corrected chi connectivity index (χ0v) is 6.32. The van der Waals surface area contributed by atoms with Crippen molar-refractivity contribution >= 4 is 12.1 Å². The van der Waals surface area contributed by atoms with E-state index >= 15 is 0 Å². The quantitative estimate of drug-likeness (QED) is 0.467. The van der Waals surface area contributed by atoms with E-state index in [1.165, 1.54) is 0 Å². The maximum atomic E-state index is 10.5. The van der Waals surface area contributed by atoms with Gasteiger partial charge in [-0.3, -0.25) is 0 Å². The van der Waals surface area contributed by atoms with Crippen LogP contribution in [0.15, 0.2) is 25.7 Å². The van der Waals surface area contributed by atoms with E-state index in [2.05, 4.69) is 27.4 Å². The lowest BCUT2D eigenvalue weighted by atomic mass is 10.7. The molecule has 0 saturated carbocycles. The van der Waals surface area contributed by atoms with Crippen LogP contribution in [-0.2, 0) is 19.0 Å². The van der Waals surface area contributed by atoms with Crippen molar-refractivity contribution in [3.05, 3.63) is 25.7 Å². The van der Waals surface area contributed by atoms with E-state index in [1.54, 1.807) is 0 Å². The van der Waals surface area contributed by atoms with Crippen LogP contribution < -0.4 is 0 Å². The SMILES string of the molecule is C=COC(=O)COC(=O)OC=C. The van der Waals surface area contributed by atoms with Gasteiger partial charge in [0.1, 0.15) is 0 Å². The van der Waals surface area contributed by atoms with E-state index in [0.29, 0.717) is 0 Å². The third-order valence-corrected chi connectivity index (χ3v) is 0.702. The summed E-state index contributed by atoms with van der Waals surface area (Å²) >= 11 is 0. The highest BCUT2D eigenvalue weighted by Gasteiger charge is 2.06. The maximum absolute atomic E-state index is 10.5. The summed E-state index contributed by atoms with van der Waals surface area (Å²) in [4.78, 5) is 20.9. The van der Waals surface area contributed by atoms with E-state index < -0.39 is 18.7 Å². The molecular formula is C7H8O5. The molecule has 0 unspecified atom stereocenters. The first kappa shape index (κ1) is 10.2. The lowest BCUT2D eigenvalue weighted by Crippen LogP contribution is -2.14. The van der Waals surface area contributed by atoms with Gasteiger partial charge in [-0.25, -0.2) is 9.59 Å². The van der Waals surface area contributed by atoms with Gasteiger partial charge in [0, 0.05) is 0 Å². The Morgan fingerprint density at radius 2 is 1.75 bits per heavy atom. The summed E-state index contributed by atoms with van der Waals surface area (Å²) in [5.74, 6) is -0.731. The van der Waals surface area contributed by atoms with Crippen LogP contribution in [-0.4, -0.2) is 18.7 Å². The minimum Gasteiger partial charge on any atom is -0.433 e. The minimum absolute atomic E-state index is 0.515. The molecule has 0 aromatic carbocycles. The molecule has 0 radical (unpaired) electrons. The van der Waals surface area contributed by atoms with Gasteiger partial charge >= 0.3 is 12.1 Å². The first-order chi connectivity index (χ1) is 5.70. The van der Waals surface area contributed by atoms with Crippen molar-refractivity contribution in [3.63, 3.8) is 0 Å². The summed E-state index contributed by atoms with van der Waals surface area (Å²) in [6.45, 7) is 5.73. The molecule has 0 aliphatic rings. The molecule has 0 aliphatic heterocycles. The normalized spacial score (nSPS) is 8.00.